The molecule has 0 nitrogen and oxygen atoms in total. The number of benzene rings is 6. The van der Waals surface area contributed by atoms with Crippen LogP contribution in [0.2, 0.25) is 0 Å². The molecule has 170 valence electrons. The van der Waals surface area contributed by atoms with Crippen molar-refractivity contribution in [1.82, 2.24) is 0 Å². The zero-order valence-electron chi connectivity index (χ0n) is 20.1. The summed E-state index contributed by atoms with van der Waals surface area (Å²) in [5.41, 5.74) is 10.6. The van der Waals surface area contributed by atoms with Crippen molar-refractivity contribution >= 4 is 27.6 Å². The van der Waals surface area contributed by atoms with Gasteiger partial charge in [0.15, 0.2) is 0 Å². The topological polar surface area (TPSA) is 0 Å². The summed E-state index contributed by atoms with van der Waals surface area (Å²) in [5, 5.41) is 5.21. The fourth-order valence-corrected chi connectivity index (χ4v) is 5.88. The first kappa shape index (κ1) is 20.9. The lowest BCUT2D eigenvalue weighted by Crippen LogP contribution is -1.98. The van der Waals surface area contributed by atoms with E-state index in [1.165, 1.54) is 66.1 Å². The number of hydrogen-bond acceptors (Lipinski definition) is 0. The van der Waals surface area contributed by atoms with Crippen molar-refractivity contribution < 1.29 is 0 Å². The molecular formula is C36H26. The Morgan fingerprint density at radius 3 is 1.58 bits per heavy atom. The molecule has 36 heavy (non-hydrogen) atoms. The third-order valence-corrected chi connectivity index (χ3v) is 7.51. The lowest BCUT2D eigenvalue weighted by atomic mass is 9.81. The molecule has 0 aromatic heterocycles. The molecule has 0 atom stereocenters. The zero-order chi connectivity index (χ0) is 23.9. The molecule has 0 amide bonds. The van der Waals surface area contributed by atoms with Crippen molar-refractivity contribution in [3.8, 4) is 33.4 Å². The van der Waals surface area contributed by atoms with Crippen LogP contribution in [0.4, 0.5) is 0 Å². The molecule has 1 aliphatic rings. The molecule has 0 N–H and O–H groups in total. The average molecular weight is 459 g/mol. The molecule has 0 heterocycles. The minimum Gasteiger partial charge on any atom is -0.0836 e. The Labute approximate surface area is 212 Å². The van der Waals surface area contributed by atoms with E-state index in [9.17, 15) is 0 Å². The number of allylic oxidation sites excluding steroid dienone is 1. The van der Waals surface area contributed by atoms with Gasteiger partial charge in [-0.3, -0.25) is 0 Å². The van der Waals surface area contributed by atoms with E-state index < -0.39 is 0 Å². The molecule has 0 bridgehead atoms. The van der Waals surface area contributed by atoms with E-state index in [2.05, 4.69) is 133 Å². The predicted octanol–water partition coefficient (Wildman–Crippen LogP) is 9.95. The highest BCUT2D eigenvalue weighted by Gasteiger charge is 2.20. The van der Waals surface area contributed by atoms with Crippen molar-refractivity contribution in [2.45, 2.75) is 12.8 Å². The second kappa shape index (κ2) is 8.66. The molecule has 0 aliphatic heterocycles. The van der Waals surface area contributed by atoms with Crippen molar-refractivity contribution in [1.29, 1.82) is 0 Å². The summed E-state index contributed by atoms with van der Waals surface area (Å²) in [5.74, 6) is 0. The van der Waals surface area contributed by atoms with Gasteiger partial charge in [-0.05, 0) is 91.0 Å². The molecule has 6 aromatic carbocycles. The number of hydrogen-bond donors (Lipinski definition) is 0. The van der Waals surface area contributed by atoms with E-state index >= 15 is 0 Å². The average Bonchev–Trinajstić information content (AvgIpc) is 2.96. The SMILES string of the molecule is C1=Cc2cc(-c3ccccc3)c(-c3c4ccccc4c(-c4ccccc4)c4ccccc34)cc2CC1. The van der Waals surface area contributed by atoms with Crippen LogP contribution in [0.25, 0.3) is 61.0 Å². The minimum atomic E-state index is 1.09. The fraction of sp³-hybridized carbons (Fsp3) is 0.0556. The lowest BCUT2D eigenvalue weighted by molar-refractivity contribution is 0.987. The summed E-state index contributed by atoms with van der Waals surface area (Å²) in [6, 6.07) is 44.4. The van der Waals surface area contributed by atoms with Crippen LogP contribution >= 0.6 is 0 Å². The molecule has 0 fully saturated rings. The van der Waals surface area contributed by atoms with Crippen LogP contribution in [0, 0.1) is 0 Å². The van der Waals surface area contributed by atoms with Gasteiger partial charge in [-0.2, -0.15) is 0 Å². The molecule has 6 aromatic rings. The second-order valence-corrected chi connectivity index (χ2v) is 9.61. The van der Waals surface area contributed by atoms with Gasteiger partial charge in [0.25, 0.3) is 0 Å². The first-order chi connectivity index (χ1) is 17.9. The van der Waals surface area contributed by atoms with Gasteiger partial charge in [-0.25, -0.2) is 0 Å². The van der Waals surface area contributed by atoms with Gasteiger partial charge in [0.1, 0.15) is 0 Å². The summed E-state index contributed by atoms with van der Waals surface area (Å²) in [6.07, 6.45) is 6.79. The fourth-order valence-electron chi connectivity index (χ4n) is 5.88. The van der Waals surface area contributed by atoms with Gasteiger partial charge in [-0.1, -0.05) is 121 Å². The van der Waals surface area contributed by atoms with E-state index in [-0.39, 0.29) is 0 Å². The summed E-state index contributed by atoms with van der Waals surface area (Å²) >= 11 is 0. The first-order valence-corrected chi connectivity index (χ1v) is 12.8. The van der Waals surface area contributed by atoms with Crippen molar-refractivity contribution in [2.75, 3.05) is 0 Å². The molecule has 0 saturated carbocycles. The third-order valence-electron chi connectivity index (χ3n) is 7.51. The molecule has 0 radical (unpaired) electrons. The van der Waals surface area contributed by atoms with Crippen molar-refractivity contribution in [3.63, 3.8) is 0 Å². The standard InChI is InChI=1S/C36H26/c1-3-13-25(14-4-1)33-23-27-17-7-8-18-28(27)24-34(33)36-31-21-11-9-19-29(31)35(26-15-5-2-6-16-26)30-20-10-12-22-32(30)36/h1-7,9-17,19-24H,8,18H2. The van der Waals surface area contributed by atoms with Gasteiger partial charge in [0.2, 0.25) is 0 Å². The van der Waals surface area contributed by atoms with Gasteiger partial charge in [0, 0.05) is 0 Å². The monoisotopic (exact) mass is 458 g/mol. The van der Waals surface area contributed by atoms with E-state index in [0.29, 0.717) is 0 Å². The Morgan fingerprint density at radius 2 is 0.972 bits per heavy atom. The first-order valence-electron chi connectivity index (χ1n) is 12.8. The maximum Gasteiger partial charge on any atom is -0.00200 e. The summed E-state index contributed by atoms with van der Waals surface area (Å²) < 4.78 is 0. The normalized spacial score (nSPS) is 12.7. The number of fused-ring (bicyclic) bond motifs is 3. The Bertz CT molecular complexity index is 1700. The van der Waals surface area contributed by atoms with Gasteiger partial charge in [0.05, 0.1) is 0 Å². The van der Waals surface area contributed by atoms with Crippen LogP contribution in [0.15, 0.2) is 127 Å². The molecular weight excluding hydrogens is 432 g/mol. The van der Waals surface area contributed by atoms with E-state index in [1.807, 2.05) is 0 Å². The van der Waals surface area contributed by atoms with E-state index in [0.717, 1.165) is 12.8 Å². The highest BCUT2D eigenvalue weighted by atomic mass is 14.2. The maximum atomic E-state index is 2.47. The Hall–Kier alpha value is -4.42. The Balaban J connectivity index is 1.65. The van der Waals surface area contributed by atoms with Crippen LogP contribution in [-0.4, -0.2) is 0 Å². The Morgan fingerprint density at radius 1 is 0.444 bits per heavy atom. The Kier molecular flexibility index (Phi) is 5.03. The third kappa shape index (κ3) is 3.38. The highest BCUT2D eigenvalue weighted by Crippen LogP contribution is 2.47. The number of rotatable bonds is 3. The minimum absolute atomic E-state index is 1.09. The van der Waals surface area contributed by atoms with Crippen LogP contribution in [0.3, 0.4) is 0 Å². The van der Waals surface area contributed by atoms with Crippen LogP contribution < -0.4 is 0 Å². The van der Waals surface area contributed by atoms with Crippen molar-refractivity contribution in [2.24, 2.45) is 0 Å². The molecule has 0 spiro atoms. The molecule has 0 unspecified atom stereocenters. The quantitative estimate of drug-likeness (QED) is 0.231. The zero-order valence-corrected chi connectivity index (χ0v) is 20.1. The van der Waals surface area contributed by atoms with Crippen LogP contribution in [0.5, 0.6) is 0 Å². The largest absolute Gasteiger partial charge is 0.0836 e. The summed E-state index contributed by atoms with van der Waals surface area (Å²) in [6.45, 7) is 0. The molecule has 1 aliphatic carbocycles. The van der Waals surface area contributed by atoms with E-state index in [4.69, 9.17) is 0 Å². The summed E-state index contributed by atoms with van der Waals surface area (Å²) in [4.78, 5) is 0. The van der Waals surface area contributed by atoms with Crippen molar-refractivity contribution in [3.05, 3.63) is 139 Å². The second-order valence-electron chi connectivity index (χ2n) is 9.61. The van der Waals surface area contributed by atoms with Gasteiger partial charge in [-0.15, -0.1) is 0 Å². The highest BCUT2D eigenvalue weighted by molar-refractivity contribution is 6.22. The molecule has 7 rings (SSSR count). The van der Waals surface area contributed by atoms with Gasteiger partial charge < -0.3 is 0 Å². The molecule has 0 heteroatoms. The lowest BCUT2D eigenvalue weighted by Gasteiger charge is -2.22. The number of aryl methyl sites for hydroxylation is 1. The van der Waals surface area contributed by atoms with Crippen LogP contribution in [-0.2, 0) is 6.42 Å². The van der Waals surface area contributed by atoms with E-state index in [1.54, 1.807) is 0 Å². The van der Waals surface area contributed by atoms with Gasteiger partial charge >= 0.3 is 0 Å². The smallest absolute Gasteiger partial charge is 0.00200 e. The van der Waals surface area contributed by atoms with Crippen LogP contribution in [0.1, 0.15) is 17.5 Å². The molecule has 0 saturated heterocycles. The predicted molar refractivity (Wildman–Crippen MR) is 155 cm³/mol. The maximum absolute atomic E-state index is 2.47. The summed E-state index contributed by atoms with van der Waals surface area (Å²) in [7, 11) is 0.